The highest BCUT2D eigenvalue weighted by Gasteiger charge is 2.42. The Labute approximate surface area is 73.4 Å². The first-order chi connectivity index (χ1) is 5.58. The summed E-state index contributed by atoms with van der Waals surface area (Å²) in [6, 6.07) is 0. The van der Waals surface area contributed by atoms with Crippen molar-refractivity contribution in [2.24, 2.45) is 5.92 Å². The van der Waals surface area contributed by atoms with Crippen LogP contribution >= 0.6 is 0 Å². The predicted molar refractivity (Wildman–Crippen MR) is 46.8 cm³/mol. The molecule has 72 valence electrons. The molecule has 12 heavy (non-hydrogen) atoms. The summed E-state index contributed by atoms with van der Waals surface area (Å²) in [4.78, 5) is 2.10. The summed E-state index contributed by atoms with van der Waals surface area (Å²) in [5.41, 5.74) is -0.504. The third-order valence-corrected chi connectivity index (χ3v) is 2.68. The SMILES string of the molecule is CC(C)C1(O)CN(CCCF)C1. The van der Waals surface area contributed by atoms with Gasteiger partial charge in [0.1, 0.15) is 0 Å². The molecule has 0 aromatic rings. The van der Waals surface area contributed by atoms with Crippen LogP contribution in [0.1, 0.15) is 20.3 Å². The molecule has 1 fully saturated rings. The van der Waals surface area contributed by atoms with Crippen LogP contribution in [0.15, 0.2) is 0 Å². The smallest absolute Gasteiger partial charge is 0.0922 e. The molecule has 0 saturated carbocycles. The molecule has 1 saturated heterocycles. The van der Waals surface area contributed by atoms with Crippen molar-refractivity contribution in [3.05, 3.63) is 0 Å². The van der Waals surface area contributed by atoms with Crippen molar-refractivity contribution in [2.75, 3.05) is 26.3 Å². The van der Waals surface area contributed by atoms with Gasteiger partial charge in [0, 0.05) is 19.6 Å². The van der Waals surface area contributed by atoms with E-state index in [1.807, 2.05) is 13.8 Å². The summed E-state index contributed by atoms with van der Waals surface area (Å²) in [5.74, 6) is 0.305. The topological polar surface area (TPSA) is 23.5 Å². The van der Waals surface area contributed by atoms with Crippen molar-refractivity contribution >= 4 is 0 Å². The van der Waals surface area contributed by atoms with Gasteiger partial charge in [0.2, 0.25) is 0 Å². The van der Waals surface area contributed by atoms with E-state index in [9.17, 15) is 9.50 Å². The standard InChI is InChI=1S/C9H18FNO/c1-8(2)9(12)6-11(7-9)5-3-4-10/h8,12H,3-7H2,1-2H3. The fraction of sp³-hybridized carbons (Fsp3) is 1.00. The summed E-state index contributed by atoms with van der Waals surface area (Å²) in [6.07, 6.45) is 0.591. The van der Waals surface area contributed by atoms with Crippen LogP contribution in [0.4, 0.5) is 4.39 Å². The Kier molecular flexibility index (Phi) is 3.07. The fourth-order valence-electron chi connectivity index (χ4n) is 1.53. The van der Waals surface area contributed by atoms with Gasteiger partial charge in [0.25, 0.3) is 0 Å². The van der Waals surface area contributed by atoms with E-state index < -0.39 is 5.60 Å². The van der Waals surface area contributed by atoms with Gasteiger partial charge in [-0.2, -0.15) is 0 Å². The first kappa shape index (κ1) is 9.93. The summed E-state index contributed by atoms with van der Waals surface area (Å²) >= 11 is 0. The molecule has 0 spiro atoms. The van der Waals surface area contributed by atoms with Crippen molar-refractivity contribution in [3.8, 4) is 0 Å². The summed E-state index contributed by atoms with van der Waals surface area (Å²) < 4.78 is 11.8. The molecule has 2 nitrogen and oxygen atoms in total. The number of halogens is 1. The highest BCUT2D eigenvalue weighted by Crippen LogP contribution is 2.28. The number of rotatable bonds is 4. The van der Waals surface area contributed by atoms with Crippen molar-refractivity contribution in [2.45, 2.75) is 25.9 Å². The lowest BCUT2D eigenvalue weighted by Crippen LogP contribution is -2.64. The van der Waals surface area contributed by atoms with Crippen LogP contribution < -0.4 is 0 Å². The molecule has 0 aromatic heterocycles. The van der Waals surface area contributed by atoms with Crippen molar-refractivity contribution in [1.82, 2.24) is 4.90 Å². The summed E-state index contributed by atoms with van der Waals surface area (Å²) in [7, 11) is 0. The second-order valence-corrected chi connectivity index (χ2v) is 4.01. The van der Waals surface area contributed by atoms with Crippen molar-refractivity contribution < 1.29 is 9.50 Å². The molecule has 0 aliphatic carbocycles. The molecule has 0 radical (unpaired) electrons. The van der Waals surface area contributed by atoms with Gasteiger partial charge in [0.15, 0.2) is 0 Å². The van der Waals surface area contributed by atoms with Crippen LogP contribution in [0.2, 0.25) is 0 Å². The van der Waals surface area contributed by atoms with Crippen LogP contribution in [-0.4, -0.2) is 41.9 Å². The number of hydrogen-bond acceptors (Lipinski definition) is 2. The fourth-order valence-corrected chi connectivity index (χ4v) is 1.53. The molecule has 1 rings (SSSR count). The van der Waals surface area contributed by atoms with E-state index in [0.717, 1.165) is 6.54 Å². The Morgan fingerprint density at radius 2 is 2.08 bits per heavy atom. The highest BCUT2D eigenvalue weighted by atomic mass is 19.1. The molecule has 0 atom stereocenters. The second kappa shape index (κ2) is 3.71. The van der Waals surface area contributed by atoms with Gasteiger partial charge in [-0.3, -0.25) is 9.29 Å². The third-order valence-electron chi connectivity index (χ3n) is 2.68. The van der Waals surface area contributed by atoms with E-state index >= 15 is 0 Å². The molecule has 0 aromatic carbocycles. The lowest BCUT2D eigenvalue weighted by atomic mass is 9.83. The maximum Gasteiger partial charge on any atom is 0.0922 e. The summed E-state index contributed by atoms with van der Waals surface area (Å²) in [5, 5.41) is 9.82. The van der Waals surface area contributed by atoms with E-state index in [-0.39, 0.29) is 6.67 Å². The van der Waals surface area contributed by atoms with Crippen LogP contribution in [-0.2, 0) is 0 Å². The lowest BCUT2D eigenvalue weighted by molar-refractivity contribution is -0.127. The zero-order valence-electron chi connectivity index (χ0n) is 7.89. The average Bonchev–Trinajstić information content (AvgIpc) is 1.95. The molecule has 0 unspecified atom stereocenters. The van der Waals surface area contributed by atoms with Gasteiger partial charge in [-0.1, -0.05) is 13.8 Å². The van der Waals surface area contributed by atoms with Crippen molar-refractivity contribution in [3.63, 3.8) is 0 Å². The van der Waals surface area contributed by atoms with E-state index in [1.54, 1.807) is 0 Å². The molecule has 1 aliphatic rings. The second-order valence-electron chi connectivity index (χ2n) is 4.01. The number of aliphatic hydroxyl groups is 1. The first-order valence-corrected chi connectivity index (χ1v) is 4.59. The predicted octanol–water partition coefficient (Wildman–Crippen LogP) is 1.05. The molecule has 3 heteroatoms. The number of β-amino-alcohol motifs (C(OH)–C–C–N with tert-alkyl or cyclic N) is 1. The number of alkyl halides is 1. The summed E-state index contributed by atoms with van der Waals surface area (Å²) in [6.45, 7) is 6.00. The molecule has 0 amide bonds. The van der Waals surface area contributed by atoms with Gasteiger partial charge in [-0.15, -0.1) is 0 Å². The van der Waals surface area contributed by atoms with Crippen LogP contribution in [0.25, 0.3) is 0 Å². The van der Waals surface area contributed by atoms with Gasteiger partial charge in [-0.25, -0.2) is 0 Å². The van der Waals surface area contributed by atoms with Gasteiger partial charge in [0.05, 0.1) is 12.3 Å². The Morgan fingerprint density at radius 3 is 2.50 bits per heavy atom. The molecule has 0 bridgehead atoms. The average molecular weight is 175 g/mol. The number of nitrogens with zero attached hydrogens (tertiary/aromatic N) is 1. The number of hydrogen-bond donors (Lipinski definition) is 1. The largest absolute Gasteiger partial charge is 0.387 e. The molecular formula is C9H18FNO. The van der Waals surface area contributed by atoms with Crippen LogP contribution in [0, 0.1) is 5.92 Å². The Morgan fingerprint density at radius 1 is 1.50 bits per heavy atom. The minimum absolute atomic E-state index is 0.253. The van der Waals surface area contributed by atoms with E-state index in [1.165, 1.54) is 0 Å². The Balaban J connectivity index is 2.18. The van der Waals surface area contributed by atoms with E-state index in [0.29, 0.717) is 25.4 Å². The van der Waals surface area contributed by atoms with Gasteiger partial charge >= 0.3 is 0 Å². The van der Waals surface area contributed by atoms with Gasteiger partial charge < -0.3 is 5.11 Å². The van der Waals surface area contributed by atoms with E-state index in [2.05, 4.69) is 4.90 Å². The Hall–Kier alpha value is -0.150. The molecule has 1 heterocycles. The maximum atomic E-state index is 11.8. The Bertz CT molecular complexity index is 143. The molecule has 1 aliphatic heterocycles. The van der Waals surface area contributed by atoms with Gasteiger partial charge in [-0.05, 0) is 12.3 Å². The molecular weight excluding hydrogens is 157 g/mol. The minimum atomic E-state index is -0.504. The van der Waals surface area contributed by atoms with Crippen LogP contribution in [0.5, 0.6) is 0 Å². The maximum absolute atomic E-state index is 11.8. The first-order valence-electron chi connectivity index (χ1n) is 4.59. The zero-order chi connectivity index (χ0) is 9.19. The third kappa shape index (κ3) is 1.96. The lowest BCUT2D eigenvalue weighted by Gasteiger charge is -2.49. The van der Waals surface area contributed by atoms with E-state index in [4.69, 9.17) is 0 Å². The number of likely N-dealkylation sites (tertiary alicyclic amines) is 1. The highest BCUT2D eigenvalue weighted by molar-refractivity contribution is 4.97. The molecule has 1 N–H and O–H groups in total. The normalized spacial score (nSPS) is 22.8. The minimum Gasteiger partial charge on any atom is -0.387 e. The quantitative estimate of drug-likeness (QED) is 0.690. The monoisotopic (exact) mass is 175 g/mol. The van der Waals surface area contributed by atoms with Crippen molar-refractivity contribution in [1.29, 1.82) is 0 Å². The van der Waals surface area contributed by atoms with Crippen LogP contribution in [0.3, 0.4) is 0 Å². The zero-order valence-corrected chi connectivity index (χ0v) is 7.89.